The van der Waals surface area contributed by atoms with Crippen LogP contribution in [0.1, 0.15) is 22.3 Å². The van der Waals surface area contributed by atoms with E-state index in [9.17, 15) is 8.78 Å². The molecule has 0 aromatic heterocycles. The lowest BCUT2D eigenvalue weighted by molar-refractivity contribution is 0.623. The van der Waals surface area contributed by atoms with Crippen LogP contribution in [0, 0.1) is 11.6 Å². The fourth-order valence-corrected chi connectivity index (χ4v) is 8.65. The quantitative estimate of drug-likeness (QED) is 0.165. The molecule has 0 saturated heterocycles. The van der Waals surface area contributed by atoms with E-state index in [0.717, 1.165) is 82.8 Å². The van der Waals surface area contributed by atoms with E-state index < -0.39 is 5.41 Å². The average molecular weight is 672 g/mol. The topological polar surface area (TPSA) is 3.24 Å². The Labute approximate surface area is 300 Å². The predicted octanol–water partition coefficient (Wildman–Crippen LogP) is 13.3. The fraction of sp³-hybridized carbons (Fsp3) is 0.0204. The lowest BCUT2D eigenvalue weighted by Gasteiger charge is -2.35. The van der Waals surface area contributed by atoms with Gasteiger partial charge in [0.2, 0.25) is 0 Å². The highest BCUT2D eigenvalue weighted by atomic mass is 19.1. The number of rotatable bonds is 5. The summed E-state index contributed by atoms with van der Waals surface area (Å²) in [5, 5.41) is 6.73. The van der Waals surface area contributed by atoms with Crippen LogP contribution in [0.3, 0.4) is 0 Å². The van der Waals surface area contributed by atoms with Crippen molar-refractivity contribution in [2.24, 2.45) is 0 Å². The van der Waals surface area contributed by atoms with E-state index in [-0.39, 0.29) is 11.6 Å². The summed E-state index contributed by atoms with van der Waals surface area (Å²) < 4.78 is 29.4. The Hall–Kier alpha value is -6.58. The number of hydrogen-bond donors (Lipinski definition) is 0. The van der Waals surface area contributed by atoms with Gasteiger partial charge in [-0.3, -0.25) is 0 Å². The number of fused-ring (bicyclic) bond motifs is 9. The number of benzene rings is 9. The van der Waals surface area contributed by atoms with Crippen molar-refractivity contribution in [3.05, 3.63) is 222 Å². The van der Waals surface area contributed by atoms with Crippen LogP contribution in [0.5, 0.6) is 0 Å². The Morgan fingerprint density at radius 2 is 0.904 bits per heavy atom. The van der Waals surface area contributed by atoms with Gasteiger partial charge in [-0.2, -0.15) is 0 Å². The van der Waals surface area contributed by atoms with Gasteiger partial charge in [0.15, 0.2) is 0 Å². The molecule has 0 unspecified atom stereocenters. The molecule has 0 atom stereocenters. The first-order valence-electron chi connectivity index (χ1n) is 17.6. The van der Waals surface area contributed by atoms with Gasteiger partial charge < -0.3 is 4.90 Å². The summed E-state index contributed by atoms with van der Waals surface area (Å²) in [5.74, 6) is -0.598. The highest BCUT2D eigenvalue weighted by Crippen LogP contribution is 2.61. The molecule has 0 aliphatic heterocycles. The van der Waals surface area contributed by atoms with Crippen molar-refractivity contribution < 1.29 is 8.78 Å². The third-order valence-electron chi connectivity index (χ3n) is 10.8. The van der Waals surface area contributed by atoms with Crippen LogP contribution in [0.15, 0.2) is 188 Å². The molecule has 1 aliphatic carbocycles. The van der Waals surface area contributed by atoms with Crippen molar-refractivity contribution in [1.29, 1.82) is 0 Å². The standard InChI is InChI=1S/C49H31F2N/c50-36-23-19-34(20-24-36)49(35-21-25-37(51)26-22-35)46-30-33-12-8-7-11-32(33)29-45(46)47-42-28-27-40(31-44(42)41-17-9-10-18-43(41)48(47)49)52(38-13-3-1-4-14-38)39-15-5-2-6-16-39/h1-31H. The number of para-hydroxylation sites is 2. The van der Waals surface area contributed by atoms with E-state index in [4.69, 9.17) is 0 Å². The van der Waals surface area contributed by atoms with Gasteiger partial charge in [-0.1, -0.05) is 115 Å². The van der Waals surface area contributed by atoms with Crippen molar-refractivity contribution in [3.63, 3.8) is 0 Å². The zero-order chi connectivity index (χ0) is 34.8. The van der Waals surface area contributed by atoms with Gasteiger partial charge in [-0.25, -0.2) is 8.78 Å². The third-order valence-corrected chi connectivity index (χ3v) is 10.8. The van der Waals surface area contributed by atoms with Gasteiger partial charge in [0, 0.05) is 17.1 Å². The van der Waals surface area contributed by atoms with Crippen molar-refractivity contribution in [3.8, 4) is 11.1 Å². The van der Waals surface area contributed by atoms with E-state index in [2.05, 4.69) is 132 Å². The molecular weight excluding hydrogens is 641 g/mol. The Morgan fingerprint density at radius 1 is 0.385 bits per heavy atom. The maximum atomic E-state index is 14.7. The second kappa shape index (κ2) is 11.8. The monoisotopic (exact) mass is 671 g/mol. The average Bonchev–Trinajstić information content (AvgIpc) is 3.49. The fourth-order valence-electron chi connectivity index (χ4n) is 8.65. The van der Waals surface area contributed by atoms with E-state index in [1.54, 1.807) is 0 Å². The predicted molar refractivity (Wildman–Crippen MR) is 211 cm³/mol. The summed E-state index contributed by atoms with van der Waals surface area (Å²) in [4.78, 5) is 2.30. The molecule has 0 fully saturated rings. The molecule has 10 rings (SSSR count). The first-order valence-corrected chi connectivity index (χ1v) is 17.6. The Kier molecular flexibility index (Phi) is 6.84. The highest BCUT2D eigenvalue weighted by molar-refractivity contribution is 6.20. The normalized spacial score (nSPS) is 13.0. The van der Waals surface area contributed by atoms with Gasteiger partial charge >= 0.3 is 0 Å². The molecule has 1 aliphatic rings. The lowest BCUT2D eigenvalue weighted by Crippen LogP contribution is -2.29. The summed E-state index contributed by atoms with van der Waals surface area (Å²) >= 11 is 0. The molecule has 0 bridgehead atoms. The molecule has 0 radical (unpaired) electrons. The molecule has 52 heavy (non-hydrogen) atoms. The van der Waals surface area contributed by atoms with Crippen LogP contribution in [0.2, 0.25) is 0 Å². The molecule has 0 saturated carbocycles. The van der Waals surface area contributed by atoms with Crippen LogP contribution in [0.25, 0.3) is 43.4 Å². The maximum absolute atomic E-state index is 14.7. The Balaban J connectivity index is 1.37. The number of anilines is 3. The zero-order valence-corrected chi connectivity index (χ0v) is 28.1. The second-order valence-corrected chi connectivity index (χ2v) is 13.5. The van der Waals surface area contributed by atoms with Crippen LogP contribution in [-0.2, 0) is 5.41 Å². The zero-order valence-electron chi connectivity index (χ0n) is 28.1. The smallest absolute Gasteiger partial charge is 0.123 e. The second-order valence-electron chi connectivity index (χ2n) is 13.5. The van der Waals surface area contributed by atoms with Crippen molar-refractivity contribution in [2.75, 3.05) is 4.90 Å². The summed E-state index contributed by atoms with van der Waals surface area (Å²) in [5.41, 5.74) is 8.66. The molecule has 1 nitrogen and oxygen atoms in total. The molecular formula is C49H31F2N. The van der Waals surface area contributed by atoms with Crippen LogP contribution in [-0.4, -0.2) is 0 Å². The first-order chi connectivity index (χ1) is 25.6. The van der Waals surface area contributed by atoms with Crippen LogP contribution in [0.4, 0.5) is 25.8 Å². The Bertz CT molecular complexity index is 2710. The number of hydrogen-bond acceptors (Lipinski definition) is 1. The molecule has 0 heterocycles. The highest BCUT2D eigenvalue weighted by Gasteiger charge is 2.48. The molecule has 0 spiro atoms. The molecule has 0 N–H and O–H groups in total. The van der Waals surface area contributed by atoms with E-state index in [0.29, 0.717) is 0 Å². The van der Waals surface area contributed by atoms with Crippen LogP contribution < -0.4 is 4.90 Å². The van der Waals surface area contributed by atoms with Gasteiger partial charge in [-0.05, 0) is 138 Å². The van der Waals surface area contributed by atoms with Gasteiger partial charge in [-0.15, -0.1) is 0 Å². The lowest BCUT2D eigenvalue weighted by atomic mass is 9.66. The minimum Gasteiger partial charge on any atom is -0.310 e. The summed E-state index contributed by atoms with van der Waals surface area (Å²) in [6.07, 6.45) is 0. The number of halogens is 2. The molecule has 9 aromatic rings. The molecule has 3 heteroatoms. The van der Waals surface area contributed by atoms with Gasteiger partial charge in [0.05, 0.1) is 5.41 Å². The third kappa shape index (κ3) is 4.46. The van der Waals surface area contributed by atoms with Crippen molar-refractivity contribution >= 4 is 49.4 Å². The molecule has 0 amide bonds. The van der Waals surface area contributed by atoms with Gasteiger partial charge in [0.1, 0.15) is 11.6 Å². The summed E-state index contributed by atoms with van der Waals surface area (Å²) in [6.45, 7) is 0. The van der Waals surface area contributed by atoms with Crippen molar-refractivity contribution in [1.82, 2.24) is 0 Å². The minimum absolute atomic E-state index is 0.299. The Morgan fingerprint density at radius 3 is 1.50 bits per heavy atom. The minimum atomic E-state index is -0.858. The van der Waals surface area contributed by atoms with E-state index in [1.165, 1.54) is 24.3 Å². The van der Waals surface area contributed by atoms with E-state index >= 15 is 0 Å². The SMILES string of the molecule is Fc1ccc(C2(c3ccc(F)cc3)c3cc4ccccc4cc3-c3c2c2ccccc2c2cc(N(c4ccccc4)c4ccccc4)ccc32)cc1. The number of nitrogens with zero attached hydrogens (tertiary/aromatic N) is 1. The largest absolute Gasteiger partial charge is 0.310 e. The summed E-state index contributed by atoms with van der Waals surface area (Å²) in [7, 11) is 0. The molecule has 246 valence electrons. The van der Waals surface area contributed by atoms with Gasteiger partial charge in [0.25, 0.3) is 0 Å². The van der Waals surface area contributed by atoms with E-state index in [1.807, 2.05) is 36.4 Å². The molecule has 9 aromatic carbocycles. The summed E-state index contributed by atoms with van der Waals surface area (Å²) in [6, 6.07) is 63.1. The van der Waals surface area contributed by atoms with Crippen molar-refractivity contribution in [2.45, 2.75) is 5.41 Å². The first kappa shape index (κ1) is 30.3. The van der Waals surface area contributed by atoms with Crippen LogP contribution >= 0.6 is 0 Å². The maximum Gasteiger partial charge on any atom is 0.123 e.